The second-order valence-electron chi connectivity index (χ2n) is 4.50. The molecule has 2 aromatic carbocycles. The van der Waals surface area contributed by atoms with Gasteiger partial charge in [0.2, 0.25) is 5.13 Å². The molecule has 0 amide bonds. The summed E-state index contributed by atoms with van der Waals surface area (Å²) in [7, 11) is 0. The van der Waals surface area contributed by atoms with Gasteiger partial charge in [0.15, 0.2) is 11.5 Å². The molecule has 0 fully saturated rings. The van der Waals surface area contributed by atoms with E-state index in [-0.39, 0.29) is 11.5 Å². The van der Waals surface area contributed by atoms with Crippen LogP contribution >= 0.6 is 11.3 Å². The molecule has 0 saturated heterocycles. The average Bonchev–Trinajstić information content (AvgIpc) is 2.95. The molecule has 1 heterocycles. The van der Waals surface area contributed by atoms with Crippen molar-refractivity contribution in [1.29, 1.82) is 0 Å². The first-order valence-corrected chi connectivity index (χ1v) is 7.19. The second kappa shape index (κ2) is 5.82. The molecule has 0 radical (unpaired) electrons. The van der Waals surface area contributed by atoms with Crippen LogP contribution in [0.2, 0.25) is 0 Å². The molecule has 0 spiro atoms. The fourth-order valence-electron chi connectivity index (χ4n) is 1.84. The summed E-state index contributed by atoms with van der Waals surface area (Å²) in [4.78, 5) is 4.35. The number of anilines is 1. The van der Waals surface area contributed by atoms with Gasteiger partial charge < -0.3 is 15.9 Å². The first-order valence-electron chi connectivity index (χ1n) is 6.37. The maximum atomic E-state index is 9.46. The zero-order valence-electron chi connectivity index (χ0n) is 11.3. The Balaban J connectivity index is 1.86. The smallest absolute Gasteiger partial charge is 0.203 e. The molecule has 0 unspecified atom stereocenters. The number of hydrogen-bond donors (Lipinski definition) is 3. The van der Waals surface area contributed by atoms with E-state index in [2.05, 4.69) is 15.2 Å². The van der Waals surface area contributed by atoms with Crippen LogP contribution in [-0.2, 0) is 0 Å². The second-order valence-corrected chi connectivity index (χ2v) is 5.51. The Morgan fingerprint density at radius 2 is 1.91 bits per heavy atom. The summed E-state index contributed by atoms with van der Waals surface area (Å²) in [6, 6.07) is 12.0. The molecule has 3 rings (SSSR count). The molecular formula is C15H12N4O2S. The molecule has 22 heavy (non-hydrogen) atoms. The number of rotatable bonds is 3. The van der Waals surface area contributed by atoms with Crippen LogP contribution in [0.5, 0.6) is 11.5 Å². The number of phenolic OH excluding ortho intramolecular Hbond substituents is 2. The van der Waals surface area contributed by atoms with Crippen LogP contribution in [0, 0.1) is 0 Å². The van der Waals surface area contributed by atoms with Gasteiger partial charge in [0, 0.05) is 11.8 Å². The molecule has 6 nitrogen and oxygen atoms in total. The molecule has 0 atom stereocenters. The van der Waals surface area contributed by atoms with Crippen molar-refractivity contribution >= 4 is 28.4 Å². The van der Waals surface area contributed by atoms with E-state index in [4.69, 9.17) is 5.73 Å². The Labute approximate surface area is 130 Å². The van der Waals surface area contributed by atoms with Gasteiger partial charge in [-0.05, 0) is 35.9 Å². The van der Waals surface area contributed by atoms with Crippen molar-refractivity contribution < 1.29 is 10.2 Å². The molecular weight excluding hydrogens is 300 g/mol. The summed E-state index contributed by atoms with van der Waals surface area (Å²) in [6.45, 7) is 0. The van der Waals surface area contributed by atoms with E-state index in [1.807, 2.05) is 24.3 Å². The lowest BCUT2D eigenvalue weighted by molar-refractivity contribution is 0.403. The number of phenols is 2. The van der Waals surface area contributed by atoms with Crippen LogP contribution in [0.4, 0.5) is 10.8 Å². The van der Waals surface area contributed by atoms with Gasteiger partial charge in [-0.25, -0.2) is 0 Å². The average molecular weight is 312 g/mol. The zero-order valence-corrected chi connectivity index (χ0v) is 12.2. The third kappa shape index (κ3) is 3.04. The van der Waals surface area contributed by atoms with Crippen molar-refractivity contribution in [2.45, 2.75) is 0 Å². The Morgan fingerprint density at radius 1 is 1.05 bits per heavy atom. The lowest BCUT2D eigenvalue weighted by Crippen LogP contribution is -1.81. The van der Waals surface area contributed by atoms with E-state index in [1.165, 1.54) is 23.5 Å². The predicted molar refractivity (Wildman–Crippen MR) is 86.8 cm³/mol. The quantitative estimate of drug-likeness (QED) is 0.509. The Hall–Kier alpha value is -2.93. The van der Waals surface area contributed by atoms with E-state index in [9.17, 15) is 10.2 Å². The third-order valence-corrected chi connectivity index (χ3v) is 3.70. The highest BCUT2D eigenvalue weighted by molar-refractivity contribution is 7.18. The van der Waals surface area contributed by atoms with Crippen molar-refractivity contribution in [3.63, 3.8) is 0 Å². The summed E-state index contributed by atoms with van der Waals surface area (Å²) < 4.78 is 0. The van der Waals surface area contributed by atoms with Crippen LogP contribution in [0.1, 0.15) is 5.56 Å². The molecule has 0 aliphatic rings. The SMILES string of the molecule is Nc1nnc(-c2cccc(N=Cc3ccc(O)c(O)c3)c2)s1. The summed E-state index contributed by atoms with van der Waals surface area (Å²) in [5.41, 5.74) is 7.89. The highest BCUT2D eigenvalue weighted by Crippen LogP contribution is 2.28. The van der Waals surface area contributed by atoms with Gasteiger partial charge in [-0.2, -0.15) is 0 Å². The number of nitrogens with zero attached hydrogens (tertiary/aromatic N) is 3. The van der Waals surface area contributed by atoms with Gasteiger partial charge in [0.25, 0.3) is 0 Å². The predicted octanol–water partition coefficient (Wildman–Crippen LogP) is 2.95. The van der Waals surface area contributed by atoms with Gasteiger partial charge in [-0.1, -0.05) is 23.5 Å². The van der Waals surface area contributed by atoms with E-state index in [1.54, 1.807) is 12.3 Å². The van der Waals surface area contributed by atoms with Crippen molar-refractivity contribution in [3.05, 3.63) is 48.0 Å². The molecule has 0 aliphatic heterocycles. The molecule has 0 aliphatic carbocycles. The van der Waals surface area contributed by atoms with Crippen molar-refractivity contribution in [2.75, 3.05) is 5.73 Å². The minimum atomic E-state index is -0.179. The van der Waals surface area contributed by atoms with Gasteiger partial charge in [-0.15, -0.1) is 10.2 Å². The number of hydrogen-bond acceptors (Lipinski definition) is 7. The third-order valence-electron chi connectivity index (χ3n) is 2.90. The number of benzene rings is 2. The van der Waals surface area contributed by atoms with E-state index < -0.39 is 0 Å². The monoisotopic (exact) mass is 312 g/mol. The summed E-state index contributed by atoms with van der Waals surface area (Å²) in [5, 5.41) is 27.7. The lowest BCUT2D eigenvalue weighted by atomic mass is 10.2. The topological polar surface area (TPSA) is 105 Å². The standard InChI is InChI=1S/C15H12N4O2S/c16-15-19-18-14(22-15)10-2-1-3-11(7-10)17-8-9-4-5-12(20)13(21)6-9/h1-8,20-21H,(H2,16,19). The number of nitrogens with two attached hydrogens (primary N) is 1. The van der Waals surface area contributed by atoms with Crippen LogP contribution in [0.15, 0.2) is 47.5 Å². The van der Waals surface area contributed by atoms with Gasteiger partial charge >= 0.3 is 0 Å². The van der Waals surface area contributed by atoms with Gasteiger partial charge in [0.1, 0.15) is 5.01 Å². The number of nitrogen functional groups attached to an aromatic ring is 1. The minimum absolute atomic E-state index is 0.159. The summed E-state index contributed by atoms with van der Waals surface area (Å²) in [5.74, 6) is -0.338. The fraction of sp³-hybridized carbons (Fsp3) is 0. The van der Waals surface area contributed by atoms with E-state index in [0.29, 0.717) is 10.7 Å². The van der Waals surface area contributed by atoms with Gasteiger partial charge in [0.05, 0.1) is 5.69 Å². The molecule has 1 aromatic heterocycles. The van der Waals surface area contributed by atoms with Crippen molar-refractivity contribution in [3.8, 4) is 22.1 Å². The zero-order chi connectivity index (χ0) is 15.5. The van der Waals surface area contributed by atoms with Gasteiger partial charge in [-0.3, -0.25) is 4.99 Å². The van der Waals surface area contributed by atoms with Crippen LogP contribution < -0.4 is 5.73 Å². The van der Waals surface area contributed by atoms with Crippen LogP contribution in [-0.4, -0.2) is 26.6 Å². The van der Waals surface area contributed by atoms with Crippen molar-refractivity contribution in [1.82, 2.24) is 10.2 Å². The molecule has 4 N–H and O–H groups in total. The maximum Gasteiger partial charge on any atom is 0.203 e. The van der Waals surface area contributed by atoms with E-state index >= 15 is 0 Å². The molecule has 110 valence electrons. The molecule has 3 aromatic rings. The summed E-state index contributed by atoms with van der Waals surface area (Å²) in [6.07, 6.45) is 1.60. The molecule has 7 heteroatoms. The fourth-order valence-corrected chi connectivity index (χ4v) is 2.45. The van der Waals surface area contributed by atoms with Crippen LogP contribution in [0.25, 0.3) is 10.6 Å². The van der Waals surface area contributed by atoms with Crippen LogP contribution in [0.3, 0.4) is 0 Å². The normalized spacial score (nSPS) is 11.1. The molecule has 0 saturated carbocycles. The Bertz CT molecular complexity index is 845. The van der Waals surface area contributed by atoms with Crippen molar-refractivity contribution in [2.24, 2.45) is 4.99 Å². The number of aromatic nitrogens is 2. The first-order chi connectivity index (χ1) is 10.6. The minimum Gasteiger partial charge on any atom is -0.504 e. The number of aliphatic imine (C=N–C) groups is 1. The maximum absolute atomic E-state index is 9.46. The first kappa shape index (κ1) is 14.0. The highest BCUT2D eigenvalue weighted by Gasteiger charge is 2.05. The Kier molecular flexibility index (Phi) is 3.71. The lowest BCUT2D eigenvalue weighted by Gasteiger charge is -1.99. The number of aromatic hydroxyl groups is 2. The largest absolute Gasteiger partial charge is 0.504 e. The highest BCUT2D eigenvalue weighted by atomic mass is 32.1. The molecule has 0 bridgehead atoms. The Morgan fingerprint density at radius 3 is 2.64 bits per heavy atom. The summed E-state index contributed by atoms with van der Waals surface area (Å²) >= 11 is 1.31. The van der Waals surface area contributed by atoms with E-state index in [0.717, 1.165) is 16.3 Å².